The number of hydrogen-bond acceptors (Lipinski definition) is 4. The maximum Gasteiger partial charge on any atom is 0.157 e. The van der Waals surface area contributed by atoms with Gasteiger partial charge in [0.2, 0.25) is 0 Å². The molecule has 2 aromatic heterocycles. The largest absolute Gasteiger partial charge is 0.496 e. The van der Waals surface area contributed by atoms with Gasteiger partial charge in [-0.3, -0.25) is 0 Å². The molecule has 0 unspecified atom stereocenters. The number of ether oxygens (including phenoxy) is 1. The van der Waals surface area contributed by atoms with Gasteiger partial charge in [-0.05, 0) is 18.2 Å². The summed E-state index contributed by atoms with van der Waals surface area (Å²) in [5.41, 5.74) is 8.11. The van der Waals surface area contributed by atoms with Crippen LogP contribution in [0.1, 0.15) is 0 Å². The van der Waals surface area contributed by atoms with E-state index in [1.165, 1.54) is 0 Å². The molecule has 0 aliphatic rings. The summed E-state index contributed by atoms with van der Waals surface area (Å²) in [7, 11) is 1.64. The Kier molecular flexibility index (Phi) is 2.37. The quantitative estimate of drug-likeness (QED) is 0.744. The molecule has 0 atom stereocenters. The smallest absolute Gasteiger partial charge is 0.157 e. The predicted octanol–water partition coefficient (Wildman–Crippen LogP) is 1.99. The molecular formula is C13H12N4O. The van der Waals surface area contributed by atoms with Gasteiger partial charge in [0, 0.05) is 17.8 Å². The molecule has 0 radical (unpaired) electrons. The third-order valence-corrected chi connectivity index (χ3v) is 2.73. The average molecular weight is 240 g/mol. The van der Waals surface area contributed by atoms with Crippen molar-refractivity contribution < 1.29 is 4.74 Å². The first kappa shape index (κ1) is 10.6. The zero-order chi connectivity index (χ0) is 12.5. The highest BCUT2D eigenvalue weighted by atomic mass is 16.5. The number of aromatic nitrogens is 3. The van der Waals surface area contributed by atoms with E-state index in [9.17, 15) is 0 Å². The number of fused-ring (bicyclic) bond motifs is 1. The van der Waals surface area contributed by atoms with E-state index in [0.29, 0.717) is 5.82 Å². The first-order chi connectivity index (χ1) is 8.78. The Morgan fingerprint density at radius 1 is 1.22 bits per heavy atom. The zero-order valence-corrected chi connectivity index (χ0v) is 9.87. The molecule has 0 bridgehead atoms. The Bertz CT molecular complexity index is 705. The number of nitrogens with zero attached hydrogens (tertiary/aromatic N) is 3. The summed E-state index contributed by atoms with van der Waals surface area (Å²) in [4.78, 5) is 4.21. The van der Waals surface area contributed by atoms with Gasteiger partial charge in [0.1, 0.15) is 11.6 Å². The number of hydrogen-bond donors (Lipinski definition) is 1. The van der Waals surface area contributed by atoms with Gasteiger partial charge in [-0.1, -0.05) is 12.1 Å². The monoisotopic (exact) mass is 240 g/mol. The second-order valence-electron chi connectivity index (χ2n) is 3.89. The van der Waals surface area contributed by atoms with Gasteiger partial charge in [0.05, 0.1) is 12.8 Å². The lowest BCUT2D eigenvalue weighted by Crippen LogP contribution is -1.94. The van der Waals surface area contributed by atoms with Crippen LogP contribution in [0.15, 0.2) is 42.6 Å². The number of methoxy groups -OCH3 is 1. The van der Waals surface area contributed by atoms with Gasteiger partial charge in [-0.2, -0.15) is 5.10 Å². The van der Waals surface area contributed by atoms with Gasteiger partial charge in [0.25, 0.3) is 0 Å². The summed E-state index contributed by atoms with van der Waals surface area (Å²) in [5, 5.41) is 4.45. The lowest BCUT2D eigenvalue weighted by atomic mass is 10.1. The van der Waals surface area contributed by atoms with Gasteiger partial charge in [0.15, 0.2) is 5.65 Å². The Morgan fingerprint density at radius 3 is 2.89 bits per heavy atom. The van der Waals surface area contributed by atoms with Crippen LogP contribution in [0.5, 0.6) is 5.75 Å². The third-order valence-electron chi connectivity index (χ3n) is 2.73. The van der Waals surface area contributed by atoms with Crippen LogP contribution in [-0.4, -0.2) is 21.7 Å². The fourth-order valence-corrected chi connectivity index (χ4v) is 1.88. The van der Waals surface area contributed by atoms with Crippen LogP contribution in [0, 0.1) is 0 Å². The van der Waals surface area contributed by atoms with Crippen molar-refractivity contribution in [2.24, 2.45) is 0 Å². The summed E-state index contributed by atoms with van der Waals surface area (Å²) in [5.74, 6) is 1.27. The predicted molar refractivity (Wildman–Crippen MR) is 69.4 cm³/mol. The summed E-state index contributed by atoms with van der Waals surface area (Å²) in [6, 6.07) is 11.3. The van der Waals surface area contributed by atoms with Crippen molar-refractivity contribution in [1.29, 1.82) is 0 Å². The minimum Gasteiger partial charge on any atom is -0.496 e. The number of para-hydroxylation sites is 1. The molecule has 18 heavy (non-hydrogen) atoms. The second kappa shape index (κ2) is 4.03. The van der Waals surface area contributed by atoms with E-state index >= 15 is 0 Å². The summed E-state index contributed by atoms with van der Waals surface area (Å²) in [6.07, 6.45) is 1.79. The minimum absolute atomic E-state index is 0.481. The van der Waals surface area contributed by atoms with Crippen LogP contribution < -0.4 is 10.5 Å². The van der Waals surface area contributed by atoms with Crippen LogP contribution >= 0.6 is 0 Å². The van der Waals surface area contributed by atoms with E-state index in [2.05, 4.69) is 10.1 Å². The van der Waals surface area contributed by atoms with Crippen molar-refractivity contribution in [3.8, 4) is 17.0 Å². The third kappa shape index (κ3) is 1.66. The lowest BCUT2D eigenvalue weighted by molar-refractivity contribution is 0.416. The van der Waals surface area contributed by atoms with E-state index < -0.39 is 0 Å². The van der Waals surface area contributed by atoms with Crippen LogP contribution in [-0.2, 0) is 0 Å². The number of anilines is 1. The minimum atomic E-state index is 0.481. The Morgan fingerprint density at radius 2 is 2.06 bits per heavy atom. The number of rotatable bonds is 2. The fraction of sp³-hybridized carbons (Fsp3) is 0.0769. The maximum atomic E-state index is 5.65. The van der Waals surface area contributed by atoms with E-state index in [-0.39, 0.29) is 0 Å². The van der Waals surface area contributed by atoms with Crippen molar-refractivity contribution in [2.45, 2.75) is 0 Å². The highest BCUT2D eigenvalue weighted by Gasteiger charge is 2.09. The van der Waals surface area contributed by atoms with E-state index in [1.807, 2.05) is 30.3 Å². The molecule has 5 heteroatoms. The summed E-state index contributed by atoms with van der Waals surface area (Å²) >= 11 is 0. The lowest BCUT2D eigenvalue weighted by Gasteiger charge is -2.04. The van der Waals surface area contributed by atoms with Gasteiger partial charge < -0.3 is 10.5 Å². The molecule has 2 N–H and O–H groups in total. The zero-order valence-electron chi connectivity index (χ0n) is 9.87. The van der Waals surface area contributed by atoms with Crippen LogP contribution in [0.25, 0.3) is 16.9 Å². The van der Waals surface area contributed by atoms with E-state index in [4.69, 9.17) is 10.5 Å². The topological polar surface area (TPSA) is 65.4 Å². The maximum absolute atomic E-state index is 5.65. The van der Waals surface area contributed by atoms with Crippen molar-refractivity contribution in [3.63, 3.8) is 0 Å². The second-order valence-corrected chi connectivity index (χ2v) is 3.89. The summed E-state index contributed by atoms with van der Waals surface area (Å²) in [6.45, 7) is 0. The molecular weight excluding hydrogens is 228 g/mol. The van der Waals surface area contributed by atoms with Crippen molar-refractivity contribution >= 4 is 11.5 Å². The number of benzene rings is 1. The molecule has 0 fully saturated rings. The Labute approximate surface area is 104 Å². The SMILES string of the molecule is COc1ccccc1-c1cc2nc(N)ccn2n1. The van der Waals surface area contributed by atoms with Crippen molar-refractivity contribution in [1.82, 2.24) is 14.6 Å². The number of nitrogen functional groups attached to an aromatic ring is 1. The molecule has 90 valence electrons. The van der Waals surface area contributed by atoms with Crippen LogP contribution in [0.3, 0.4) is 0 Å². The van der Waals surface area contributed by atoms with Crippen LogP contribution in [0.4, 0.5) is 5.82 Å². The van der Waals surface area contributed by atoms with Crippen molar-refractivity contribution in [3.05, 3.63) is 42.6 Å². The van der Waals surface area contributed by atoms with Gasteiger partial charge in [-0.25, -0.2) is 9.50 Å². The Hall–Kier alpha value is -2.56. The normalized spacial score (nSPS) is 10.7. The standard InChI is InChI=1S/C13H12N4O/c1-18-11-5-3-2-4-9(11)10-8-13-15-12(14)6-7-17(13)16-10/h2-8H,1H3,(H2,14,15). The number of nitrogens with two attached hydrogens (primary N) is 1. The molecule has 0 aliphatic heterocycles. The molecule has 1 aromatic carbocycles. The molecule has 0 aliphatic carbocycles. The molecule has 0 amide bonds. The molecule has 0 spiro atoms. The first-order valence-corrected chi connectivity index (χ1v) is 5.53. The summed E-state index contributed by atoms with van der Waals surface area (Å²) < 4.78 is 7.02. The first-order valence-electron chi connectivity index (χ1n) is 5.53. The Balaban J connectivity index is 2.19. The van der Waals surface area contributed by atoms with E-state index in [0.717, 1.165) is 22.7 Å². The molecule has 3 rings (SSSR count). The average Bonchev–Trinajstić information content (AvgIpc) is 2.81. The molecule has 5 nitrogen and oxygen atoms in total. The highest BCUT2D eigenvalue weighted by Crippen LogP contribution is 2.28. The molecule has 2 heterocycles. The molecule has 0 saturated carbocycles. The van der Waals surface area contributed by atoms with Crippen molar-refractivity contribution in [2.75, 3.05) is 12.8 Å². The van der Waals surface area contributed by atoms with E-state index in [1.54, 1.807) is 23.9 Å². The molecule has 0 saturated heterocycles. The molecule has 3 aromatic rings. The van der Waals surface area contributed by atoms with Gasteiger partial charge in [-0.15, -0.1) is 0 Å². The fourth-order valence-electron chi connectivity index (χ4n) is 1.88. The van der Waals surface area contributed by atoms with Crippen LogP contribution in [0.2, 0.25) is 0 Å². The highest BCUT2D eigenvalue weighted by molar-refractivity contribution is 5.70. The van der Waals surface area contributed by atoms with Gasteiger partial charge >= 0.3 is 0 Å².